The van der Waals surface area contributed by atoms with Crippen LogP contribution in [0.3, 0.4) is 0 Å². The molecule has 2 aliphatic heterocycles. The van der Waals surface area contributed by atoms with Crippen LogP contribution in [0.5, 0.6) is 0 Å². The van der Waals surface area contributed by atoms with Crippen LogP contribution in [-0.2, 0) is 9.84 Å². The molecule has 6 nitrogen and oxygen atoms in total. The number of hydrogen-bond donors (Lipinski definition) is 1. The molecule has 0 aliphatic carbocycles. The van der Waals surface area contributed by atoms with Gasteiger partial charge in [-0.25, -0.2) is 8.42 Å². The third-order valence-electron chi connectivity index (χ3n) is 4.96. The van der Waals surface area contributed by atoms with Gasteiger partial charge in [-0.05, 0) is 30.7 Å². The number of amides is 1. The minimum atomic E-state index is -3.22. The molecule has 0 bridgehead atoms. The van der Waals surface area contributed by atoms with Crippen LogP contribution in [0.15, 0.2) is 29.2 Å². The molecule has 2 fully saturated rings. The lowest BCUT2D eigenvalue weighted by molar-refractivity contribution is 0.0773. The van der Waals surface area contributed by atoms with E-state index in [9.17, 15) is 13.2 Å². The molecule has 1 aromatic carbocycles. The van der Waals surface area contributed by atoms with Crippen LogP contribution in [-0.4, -0.2) is 75.2 Å². The zero-order chi connectivity index (χ0) is 17.2. The number of carbonyl (C=O) groups excluding carboxylic acids is 1. The van der Waals surface area contributed by atoms with Crippen LogP contribution in [0, 0.1) is 0 Å². The van der Waals surface area contributed by atoms with E-state index in [2.05, 4.69) is 10.2 Å². The third kappa shape index (κ3) is 3.63. The SMILES string of the molecule is CCS(=O)(=O)c1ccc(C(=O)N2CCC(N3CCNCC3)C2)cc1. The van der Waals surface area contributed by atoms with Crippen LogP contribution in [0.1, 0.15) is 23.7 Å². The maximum absolute atomic E-state index is 12.7. The first-order chi connectivity index (χ1) is 11.5. The van der Waals surface area contributed by atoms with Gasteiger partial charge in [-0.1, -0.05) is 6.92 Å². The van der Waals surface area contributed by atoms with Crippen molar-refractivity contribution in [2.45, 2.75) is 24.3 Å². The summed E-state index contributed by atoms with van der Waals surface area (Å²) in [6.07, 6.45) is 1.01. The lowest BCUT2D eigenvalue weighted by Gasteiger charge is -2.32. The second kappa shape index (κ2) is 7.21. The van der Waals surface area contributed by atoms with Gasteiger partial charge in [0, 0.05) is 50.9 Å². The fourth-order valence-corrected chi connectivity index (χ4v) is 4.31. The summed E-state index contributed by atoms with van der Waals surface area (Å²) in [4.78, 5) is 17.3. The number of sulfone groups is 1. The minimum absolute atomic E-state index is 0.00641. The maximum Gasteiger partial charge on any atom is 0.253 e. The van der Waals surface area contributed by atoms with Crippen LogP contribution in [0.4, 0.5) is 0 Å². The Morgan fingerprint density at radius 2 is 1.83 bits per heavy atom. The topological polar surface area (TPSA) is 69.7 Å². The molecule has 1 unspecified atom stereocenters. The lowest BCUT2D eigenvalue weighted by Crippen LogP contribution is -2.49. The molecular weight excluding hydrogens is 326 g/mol. The van der Waals surface area contributed by atoms with E-state index < -0.39 is 9.84 Å². The fourth-order valence-electron chi connectivity index (χ4n) is 3.43. The zero-order valence-electron chi connectivity index (χ0n) is 14.1. The molecule has 132 valence electrons. The highest BCUT2D eigenvalue weighted by molar-refractivity contribution is 7.91. The van der Waals surface area contributed by atoms with E-state index >= 15 is 0 Å². The molecule has 1 aromatic rings. The molecule has 0 spiro atoms. The normalized spacial score (nSPS) is 22.7. The molecule has 2 aliphatic rings. The number of hydrogen-bond acceptors (Lipinski definition) is 5. The van der Waals surface area contributed by atoms with Gasteiger partial charge in [-0.2, -0.15) is 0 Å². The highest BCUT2D eigenvalue weighted by Crippen LogP contribution is 2.20. The molecule has 0 saturated carbocycles. The molecule has 24 heavy (non-hydrogen) atoms. The molecule has 1 amide bonds. The summed E-state index contributed by atoms with van der Waals surface area (Å²) in [6, 6.07) is 6.77. The molecule has 3 rings (SSSR count). The summed E-state index contributed by atoms with van der Waals surface area (Å²) in [7, 11) is -3.22. The second-order valence-electron chi connectivity index (χ2n) is 6.41. The number of nitrogens with zero attached hydrogens (tertiary/aromatic N) is 2. The largest absolute Gasteiger partial charge is 0.337 e. The van der Waals surface area contributed by atoms with Crippen molar-refractivity contribution in [2.75, 3.05) is 45.0 Å². The minimum Gasteiger partial charge on any atom is -0.337 e. The molecule has 2 saturated heterocycles. The average molecular weight is 351 g/mol. The zero-order valence-corrected chi connectivity index (χ0v) is 14.9. The summed E-state index contributed by atoms with van der Waals surface area (Å²) < 4.78 is 23.7. The summed E-state index contributed by atoms with van der Waals surface area (Å²) >= 11 is 0. The van der Waals surface area contributed by atoms with Crippen LogP contribution < -0.4 is 5.32 Å². The Labute approximate surface area is 143 Å². The molecule has 0 radical (unpaired) electrons. The average Bonchev–Trinajstić information content (AvgIpc) is 3.12. The fraction of sp³-hybridized carbons (Fsp3) is 0.588. The molecule has 1 N–H and O–H groups in total. The van der Waals surface area contributed by atoms with Crippen molar-refractivity contribution >= 4 is 15.7 Å². The van der Waals surface area contributed by atoms with E-state index in [0.717, 1.165) is 45.7 Å². The van der Waals surface area contributed by atoms with Crippen molar-refractivity contribution in [3.05, 3.63) is 29.8 Å². The van der Waals surface area contributed by atoms with Crippen molar-refractivity contribution in [3.63, 3.8) is 0 Å². The number of benzene rings is 1. The van der Waals surface area contributed by atoms with Crippen LogP contribution >= 0.6 is 0 Å². The van der Waals surface area contributed by atoms with Gasteiger partial charge in [0.15, 0.2) is 9.84 Å². The van der Waals surface area contributed by atoms with Gasteiger partial charge in [0.05, 0.1) is 10.6 Å². The summed E-state index contributed by atoms with van der Waals surface area (Å²) in [5.41, 5.74) is 0.561. The lowest BCUT2D eigenvalue weighted by atomic mass is 10.2. The van der Waals surface area contributed by atoms with E-state index in [-0.39, 0.29) is 16.6 Å². The Bertz CT molecular complexity index is 682. The van der Waals surface area contributed by atoms with Gasteiger partial charge in [0.25, 0.3) is 5.91 Å². The van der Waals surface area contributed by atoms with Gasteiger partial charge in [0.2, 0.25) is 0 Å². The summed E-state index contributed by atoms with van der Waals surface area (Å²) in [5, 5.41) is 3.35. The summed E-state index contributed by atoms with van der Waals surface area (Å²) in [6.45, 7) is 7.24. The monoisotopic (exact) mass is 351 g/mol. The van der Waals surface area contributed by atoms with Gasteiger partial charge >= 0.3 is 0 Å². The Hall–Kier alpha value is -1.44. The summed E-state index contributed by atoms with van der Waals surface area (Å²) in [5.74, 6) is 0.0618. The first-order valence-corrected chi connectivity index (χ1v) is 10.2. The molecule has 1 atom stereocenters. The first-order valence-electron chi connectivity index (χ1n) is 8.58. The van der Waals surface area contributed by atoms with E-state index in [1.54, 1.807) is 19.1 Å². The predicted octanol–water partition coefficient (Wildman–Crippen LogP) is 0.600. The van der Waals surface area contributed by atoms with E-state index in [0.29, 0.717) is 11.6 Å². The quantitative estimate of drug-likeness (QED) is 0.860. The van der Waals surface area contributed by atoms with Crippen molar-refractivity contribution in [1.29, 1.82) is 0 Å². The molecular formula is C17H25N3O3S. The Kier molecular flexibility index (Phi) is 5.22. The Morgan fingerprint density at radius 1 is 1.17 bits per heavy atom. The van der Waals surface area contributed by atoms with Crippen molar-refractivity contribution in [3.8, 4) is 0 Å². The van der Waals surface area contributed by atoms with Crippen molar-refractivity contribution in [1.82, 2.24) is 15.1 Å². The van der Waals surface area contributed by atoms with Gasteiger partial charge < -0.3 is 10.2 Å². The number of piperazine rings is 1. The standard InChI is InChI=1S/C17H25N3O3S/c1-2-24(22,23)16-5-3-14(4-6-16)17(21)20-10-7-15(13-20)19-11-8-18-9-12-19/h3-6,15,18H,2,7-13H2,1H3. The van der Waals surface area contributed by atoms with E-state index in [1.165, 1.54) is 12.1 Å². The second-order valence-corrected chi connectivity index (χ2v) is 8.69. The van der Waals surface area contributed by atoms with E-state index in [1.807, 2.05) is 4.90 Å². The van der Waals surface area contributed by atoms with Gasteiger partial charge in [-0.15, -0.1) is 0 Å². The highest BCUT2D eigenvalue weighted by atomic mass is 32.2. The van der Waals surface area contributed by atoms with Gasteiger partial charge in [-0.3, -0.25) is 9.69 Å². The number of rotatable bonds is 4. The molecule has 2 heterocycles. The third-order valence-corrected chi connectivity index (χ3v) is 6.71. The van der Waals surface area contributed by atoms with Gasteiger partial charge in [0.1, 0.15) is 0 Å². The first kappa shape index (κ1) is 17.4. The van der Waals surface area contributed by atoms with Crippen LogP contribution in [0.2, 0.25) is 0 Å². The van der Waals surface area contributed by atoms with Crippen molar-refractivity contribution < 1.29 is 13.2 Å². The molecule has 0 aromatic heterocycles. The Morgan fingerprint density at radius 3 is 2.46 bits per heavy atom. The predicted molar refractivity (Wildman–Crippen MR) is 92.9 cm³/mol. The number of likely N-dealkylation sites (tertiary alicyclic amines) is 1. The Balaban J connectivity index is 1.64. The smallest absolute Gasteiger partial charge is 0.253 e. The van der Waals surface area contributed by atoms with Crippen LogP contribution in [0.25, 0.3) is 0 Å². The number of nitrogens with one attached hydrogen (secondary N) is 1. The maximum atomic E-state index is 12.7. The van der Waals surface area contributed by atoms with Crippen molar-refractivity contribution in [2.24, 2.45) is 0 Å². The number of carbonyl (C=O) groups is 1. The highest BCUT2D eigenvalue weighted by Gasteiger charge is 2.31. The van der Waals surface area contributed by atoms with E-state index in [4.69, 9.17) is 0 Å². The molecule has 7 heteroatoms.